The summed E-state index contributed by atoms with van der Waals surface area (Å²) in [5, 5.41) is 4.04. The number of hydrogen-bond acceptors (Lipinski definition) is 3. The lowest BCUT2D eigenvalue weighted by atomic mass is 10.1. The molecule has 2 rings (SSSR count). The van der Waals surface area contributed by atoms with E-state index >= 15 is 0 Å². The van der Waals surface area contributed by atoms with Gasteiger partial charge in [0.25, 0.3) is 0 Å². The van der Waals surface area contributed by atoms with E-state index in [9.17, 15) is 4.79 Å². The van der Waals surface area contributed by atoms with Gasteiger partial charge in [-0.2, -0.15) is 0 Å². The molecule has 1 unspecified atom stereocenters. The molecule has 0 aliphatic heterocycles. The maximum absolute atomic E-state index is 11.6. The van der Waals surface area contributed by atoms with Gasteiger partial charge in [0.1, 0.15) is 0 Å². The first-order valence-corrected chi connectivity index (χ1v) is 7.14. The van der Waals surface area contributed by atoms with Crippen molar-refractivity contribution in [1.29, 1.82) is 0 Å². The summed E-state index contributed by atoms with van der Waals surface area (Å²) in [6.45, 7) is 4.65. The van der Waals surface area contributed by atoms with E-state index in [1.165, 1.54) is 4.70 Å². The molecule has 1 heterocycles. The second kappa shape index (κ2) is 5.96. The molecule has 1 aromatic carbocycles. The van der Waals surface area contributed by atoms with E-state index in [4.69, 9.17) is 0 Å². The fourth-order valence-electron chi connectivity index (χ4n) is 1.68. The molecule has 0 saturated carbocycles. The fourth-order valence-corrected chi connectivity index (χ4v) is 2.65. The molecule has 1 aromatic heterocycles. The first-order chi connectivity index (χ1) is 8.70. The van der Waals surface area contributed by atoms with Gasteiger partial charge in [0.15, 0.2) is 0 Å². The Morgan fingerprint density at radius 3 is 2.94 bits per heavy atom. The zero-order valence-electron chi connectivity index (χ0n) is 10.8. The quantitative estimate of drug-likeness (QED) is 0.900. The molecular weight excluding hydrogens is 244 g/mol. The molecule has 1 atom stereocenters. The number of nitrogens with one attached hydrogen (secondary N) is 1. The lowest BCUT2D eigenvalue weighted by Crippen LogP contribution is -2.30. The van der Waals surface area contributed by atoms with Crippen LogP contribution >= 0.6 is 11.3 Å². The highest BCUT2D eigenvalue weighted by atomic mass is 32.1. The van der Waals surface area contributed by atoms with E-state index in [1.807, 2.05) is 32.0 Å². The SMILES string of the molecule is CCC(C)C(=O)NCCc1nc2ccccc2s1. The summed E-state index contributed by atoms with van der Waals surface area (Å²) in [6.07, 6.45) is 1.69. The zero-order valence-corrected chi connectivity index (χ0v) is 11.6. The third kappa shape index (κ3) is 3.07. The Morgan fingerprint density at radius 2 is 2.22 bits per heavy atom. The van der Waals surface area contributed by atoms with Gasteiger partial charge in [-0.05, 0) is 18.6 Å². The fraction of sp³-hybridized carbons (Fsp3) is 0.429. The van der Waals surface area contributed by atoms with Crippen LogP contribution in [0.2, 0.25) is 0 Å². The average Bonchev–Trinajstić information content (AvgIpc) is 2.80. The molecule has 96 valence electrons. The Labute approximate surface area is 111 Å². The van der Waals surface area contributed by atoms with Gasteiger partial charge < -0.3 is 5.32 Å². The third-order valence-corrected chi connectivity index (χ3v) is 4.13. The van der Waals surface area contributed by atoms with Gasteiger partial charge in [0.05, 0.1) is 15.2 Å². The molecular formula is C14H18N2OS. The molecule has 0 spiro atoms. The second-order valence-electron chi connectivity index (χ2n) is 4.43. The maximum Gasteiger partial charge on any atom is 0.222 e. The molecule has 1 N–H and O–H groups in total. The Morgan fingerprint density at radius 1 is 1.44 bits per heavy atom. The van der Waals surface area contributed by atoms with Crippen LogP contribution in [0.1, 0.15) is 25.3 Å². The molecule has 1 amide bonds. The van der Waals surface area contributed by atoms with E-state index in [-0.39, 0.29) is 11.8 Å². The average molecular weight is 262 g/mol. The lowest BCUT2D eigenvalue weighted by Gasteiger charge is -2.08. The number of aromatic nitrogens is 1. The van der Waals surface area contributed by atoms with E-state index in [2.05, 4.69) is 16.4 Å². The first kappa shape index (κ1) is 13.0. The molecule has 2 aromatic rings. The summed E-state index contributed by atoms with van der Waals surface area (Å²) in [4.78, 5) is 16.2. The number of amides is 1. The van der Waals surface area contributed by atoms with Crippen molar-refractivity contribution in [2.24, 2.45) is 5.92 Å². The van der Waals surface area contributed by atoms with Gasteiger partial charge in [0, 0.05) is 18.9 Å². The second-order valence-corrected chi connectivity index (χ2v) is 5.54. The monoisotopic (exact) mass is 262 g/mol. The van der Waals surface area contributed by atoms with E-state index in [0.717, 1.165) is 23.4 Å². The van der Waals surface area contributed by atoms with Crippen molar-refractivity contribution in [1.82, 2.24) is 10.3 Å². The van der Waals surface area contributed by atoms with Gasteiger partial charge in [-0.3, -0.25) is 4.79 Å². The lowest BCUT2D eigenvalue weighted by molar-refractivity contribution is -0.124. The standard InChI is InChI=1S/C14H18N2OS/c1-3-10(2)14(17)15-9-8-13-16-11-6-4-5-7-12(11)18-13/h4-7,10H,3,8-9H2,1-2H3,(H,15,17). The van der Waals surface area contributed by atoms with Crippen molar-refractivity contribution in [2.75, 3.05) is 6.54 Å². The van der Waals surface area contributed by atoms with E-state index in [0.29, 0.717) is 6.54 Å². The normalized spacial score (nSPS) is 12.6. The van der Waals surface area contributed by atoms with Crippen LogP contribution in [-0.2, 0) is 11.2 Å². The number of rotatable bonds is 5. The largest absolute Gasteiger partial charge is 0.355 e. The predicted molar refractivity (Wildman–Crippen MR) is 75.8 cm³/mol. The van der Waals surface area contributed by atoms with Crippen molar-refractivity contribution in [2.45, 2.75) is 26.7 Å². The number of carbonyl (C=O) groups is 1. The van der Waals surface area contributed by atoms with Crippen LogP contribution in [0.15, 0.2) is 24.3 Å². The summed E-state index contributed by atoms with van der Waals surface area (Å²) in [5.41, 5.74) is 1.05. The van der Waals surface area contributed by atoms with Crippen molar-refractivity contribution in [3.8, 4) is 0 Å². The van der Waals surface area contributed by atoms with Crippen LogP contribution in [0.5, 0.6) is 0 Å². The van der Waals surface area contributed by atoms with Crippen molar-refractivity contribution >= 4 is 27.5 Å². The Kier molecular flexibility index (Phi) is 4.31. The topological polar surface area (TPSA) is 42.0 Å². The summed E-state index contributed by atoms with van der Waals surface area (Å²) in [7, 11) is 0. The van der Waals surface area contributed by atoms with Crippen LogP contribution < -0.4 is 5.32 Å². The molecule has 4 heteroatoms. The van der Waals surface area contributed by atoms with Gasteiger partial charge in [0.2, 0.25) is 5.91 Å². The third-order valence-electron chi connectivity index (χ3n) is 3.04. The van der Waals surface area contributed by atoms with Crippen LogP contribution in [0.3, 0.4) is 0 Å². The molecule has 0 saturated heterocycles. The minimum Gasteiger partial charge on any atom is -0.355 e. The molecule has 0 fully saturated rings. The van der Waals surface area contributed by atoms with Gasteiger partial charge >= 0.3 is 0 Å². The maximum atomic E-state index is 11.6. The molecule has 0 aliphatic carbocycles. The zero-order chi connectivity index (χ0) is 13.0. The van der Waals surface area contributed by atoms with E-state index < -0.39 is 0 Å². The Hall–Kier alpha value is -1.42. The van der Waals surface area contributed by atoms with Crippen molar-refractivity contribution in [3.05, 3.63) is 29.3 Å². The van der Waals surface area contributed by atoms with Gasteiger partial charge in [-0.15, -0.1) is 11.3 Å². The Bertz CT molecular complexity index is 502. The Balaban J connectivity index is 1.89. The number of thiazole rings is 1. The molecule has 0 bridgehead atoms. The first-order valence-electron chi connectivity index (χ1n) is 6.33. The molecule has 3 nitrogen and oxygen atoms in total. The minimum atomic E-state index is 0.0976. The minimum absolute atomic E-state index is 0.0976. The van der Waals surface area contributed by atoms with Gasteiger partial charge in [-0.25, -0.2) is 4.98 Å². The highest BCUT2D eigenvalue weighted by molar-refractivity contribution is 7.18. The summed E-state index contributed by atoms with van der Waals surface area (Å²) in [5.74, 6) is 0.235. The molecule has 18 heavy (non-hydrogen) atoms. The summed E-state index contributed by atoms with van der Waals surface area (Å²) >= 11 is 1.70. The predicted octanol–water partition coefficient (Wildman–Crippen LogP) is 3.00. The summed E-state index contributed by atoms with van der Waals surface area (Å²) in [6, 6.07) is 8.12. The molecule has 0 aliphatic rings. The van der Waals surface area contributed by atoms with Crippen molar-refractivity contribution in [3.63, 3.8) is 0 Å². The van der Waals surface area contributed by atoms with Crippen LogP contribution in [0, 0.1) is 5.92 Å². The molecule has 0 radical (unpaired) electrons. The summed E-state index contributed by atoms with van der Waals surface area (Å²) < 4.78 is 1.21. The van der Waals surface area contributed by atoms with Crippen LogP contribution in [-0.4, -0.2) is 17.4 Å². The van der Waals surface area contributed by atoms with Crippen molar-refractivity contribution < 1.29 is 4.79 Å². The highest BCUT2D eigenvalue weighted by Crippen LogP contribution is 2.21. The smallest absolute Gasteiger partial charge is 0.222 e. The van der Waals surface area contributed by atoms with Gasteiger partial charge in [-0.1, -0.05) is 26.0 Å². The number of hydrogen-bond donors (Lipinski definition) is 1. The number of para-hydroxylation sites is 1. The van der Waals surface area contributed by atoms with E-state index in [1.54, 1.807) is 11.3 Å². The number of carbonyl (C=O) groups excluding carboxylic acids is 1. The number of nitrogens with zero attached hydrogens (tertiary/aromatic N) is 1. The number of benzene rings is 1. The van der Waals surface area contributed by atoms with Crippen LogP contribution in [0.4, 0.5) is 0 Å². The van der Waals surface area contributed by atoms with Crippen LogP contribution in [0.25, 0.3) is 10.2 Å². The highest BCUT2D eigenvalue weighted by Gasteiger charge is 2.09. The number of fused-ring (bicyclic) bond motifs is 1.